The molecule has 0 spiro atoms. The van der Waals surface area contributed by atoms with Gasteiger partial charge in [0.1, 0.15) is 5.82 Å². The zero-order chi connectivity index (χ0) is 11.8. The molecule has 0 radical (unpaired) electrons. The van der Waals surface area contributed by atoms with Crippen LogP contribution in [0.1, 0.15) is 43.5 Å². The first-order valence-electron chi connectivity index (χ1n) is 6.23. The van der Waals surface area contributed by atoms with Gasteiger partial charge in [0.2, 0.25) is 0 Å². The molecule has 1 aromatic rings. The van der Waals surface area contributed by atoms with Crippen LogP contribution in [0.5, 0.6) is 0 Å². The molecule has 17 heavy (non-hydrogen) atoms. The van der Waals surface area contributed by atoms with Crippen LogP contribution in [0.25, 0.3) is 0 Å². The molecule has 1 heterocycles. The van der Waals surface area contributed by atoms with Crippen LogP contribution in [0, 0.1) is 0 Å². The van der Waals surface area contributed by atoms with Crippen LogP contribution < -0.4 is 5.73 Å². The molecule has 0 aromatic carbocycles. The second-order valence-corrected chi connectivity index (χ2v) is 5.96. The monoisotopic (exact) mass is 254 g/mol. The molecule has 6 heteroatoms. The first-order valence-corrected chi connectivity index (χ1v) is 7.22. The Balaban J connectivity index is 1.74. The quantitative estimate of drug-likeness (QED) is 0.738. The summed E-state index contributed by atoms with van der Waals surface area (Å²) in [4.78, 5) is 0. The lowest BCUT2D eigenvalue weighted by atomic mass is 10.4. The molecule has 2 fully saturated rings. The maximum atomic E-state index is 8.93. The van der Waals surface area contributed by atoms with E-state index in [0.717, 1.165) is 5.16 Å². The lowest BCUT2D eigenvalue weighted by Crippen LogP contribution is -2.27. The fourth-order valence-electron chi connectivity index (χ4n) is 1.92. The van der Waals surface area contributed by atoms with Gasteiger partial charge in [0.15, 0.2) is 5.16 Å². The number of nitrogens with two attached hydrogens (primary N) is 1. The van der Waals surface area contributed by atoms with Crippen molar-refractivity contribution in [2.24, 2.45) is 5.73 Å². The molecule has 0 aliphatic heterocycles. The zero-order valence-electron chi connectivity index (χ0n) is 9.75. The van der Waals surface area contributed by atoms with Crippen molar-refractivity contribution in [3.63, 3.8) is 0 Å². The molecule has 1 unspecified atom stereocenters. The lowest BCUT2D eigenvalue weighted by molar-refractivity contribution is 0.275. The second-order valence-electron chi connectivity index (χ2n) is 4.97. The second kappa shape index (κ2) is 4.59. The third-order valence-electron chi connectivity index (χ3n) is 3.21. The van der Waals surface area contributed by atoms with E-state index in [0.29, 0.717) is 17.7 Å². The number of aliphatic hydroxyl groups is 1. The van der Waals surface area contributed by atoms with Crippen LogP contribution in [0.15, 0.2) is 5.16 Å². The highest BCUT2D eigenvalue weighted by atomic mass is 32.2. The molecule has 0 bridgehead atoms. The van der Waals surface area contributed by atoms with Gasteiger partial charge in [-0.15, -0.1) is 10.2 Å². The van der Waals surface area contributed by atoms with Crippen LogP contribution in [0.3, 0.4) is 0 Å². The molecule has 2 aliphatic carbocycles. The summed E-state index contributed by atoms with van der Waals surface area (Å²) in [7, 11) is 0. The molecule has 1 aromatic heterocycles. The van der Waals surface area contributed by atoms with Crippen molar-refractivity contribution in [2.45, 2.75) is 48.8 Å². The molecule has 2 saturated carbocycles. The third kappa shape index (κ3) is 2.48. The first-order chi connectivity index (χ1) is 8.29. The highest BCUT2D eigenvalue weighted by Crippen LogP contribution is 2.45. The fourth-order valence-corrected chi connectivity index (χ4v) is 2.87. The van der Waals surface area contributed by atoms with E-state index in [2.05, 4.69) is 14.8 Å². The van der Waals surface area contributed by atoms with Gasteiger partial charge in [-0.1, -0.05) is 11.8 Å². The third-order valence-corrected chi connectivity index (χ3v) is 4.34. The minimum absolute atomic E-state index is 0.0278. The normalized spacial score (nSPS) is 21.8. The Kier molecular flexibility index (Phi) is 3.10. The molecule has 0 amide bonds. The van der Waals surface area contributed by atoms with Gasteiger partial charge in [0.05, 0.1) is 6.61 Å². The van der Waals surface area contributed by atoms with Gasteiger partial charge in [-0.25, -0.2) is 0 Å². The molecule has 0 saturated heterocycles. The molecule has 5 nitrogen and oxygen atoms in total. The van der Waals surface area contributed by atoms with Gasteiger partial charge >= 0.3 is 0 Å². The number of nitrogens with zero attached hydrogens (tertiary/aromatic N) is 3. The maximum absolute atomic E-state index is 8.93. The standard InChI is InChI=1S/C11H18N4OS/c12-8(5-16)6-17-11-14-13-10(7-1-2-7)15(11)9-3-4-9/h7-9,16H,1-6,12H2. The van der Waals surface area contributed by atoms with Gasteiger partial charge in [-0.2, -0.15) is 0 Å². The van der Waals surface area contributed by atoms with Crippen LogP contribution in [-0.4, -0.2) is 38.3 Å². The summed E-state index contributed by atoms with van der Waals surface area (Å²) in [5.74, 6) is 2.52. The Morgan fingerprint density at radius 3 is 2.71 bits per heavy atom. The minimum atomic E-state index is -0.172. The maximum Gasteiger partial charge on any atom is 0.191 e. The molecular formula is C11H18N4OS. The number of hydrogen-bond donors (Lipinski definition) is 2. The Bertz CT molecular complexity index is 400. The lowest BCUT2D eigenvalue weighted by Gasteiger charge is -2.10. The molecule has 3 N–H and O–H groups in total. The molecular weight excluding hydrogens is 236 g/mol. The smallest absolute Gasteiger partial charge is 0.191 e. The van der Waals surface area contributed by atoms with Crippen molar-refractivity contribution >= 4 is 11.8 Å². The van der Waals surface area contributed by atoms with Crippen molar-refractivity contribution in [2.75, 3.05) is 12.4 Å². The van der Waals surface area contributed by atoms with Crippen molar-refractivity contribution in [1.82, 2.24) is 14.8 Å². The Hall–Kier alpha value is -0.590. The molecule has 3 rings (SSSR count). The highest BCUT2D eigenvalue weighted by molar-refractivity contribution is 7.99. The van der Waals surface area contributed by atoms with Gasteiger partial charge in [-0.05, 0) is 25.7 Å². The summed E-state index contributed by atoms with van der Waals surface area (Å²) in [6.07, 6.45) is 5.01. The van der Waals surface area contributed by atoms with Gasteiger partial charge in [0.25, 0.3) is 0 Å². The summed E-state index contributed by atoms with van der Waals surface area (Å²) < 4.78 is 2.31. The SMILES string of the molecule is NC(CO)CSc1nnc(C2CC2)n1C1CC1. The van der Waals surface area contributed by atoms with E-state index in [4.69, 9.17) is 10.8 Å². The molecule has 94 valence electrons. The summed E-state index contributed by atoms with van der Waals surface area (Å²) in [6.45, 7) is 0.0278. The average molecular weight is 254 g/mol. The van der Waals surface area contributed by atoms with E-state index in [9.17, 15) is 0 Å². The molecule has 1 atom stereocenters. The van der Waals surface area contributed by atoms with Crippen LogP contribution in [-0.2, 0) is 0 Å². The number of rotatable bonds is 6. The zero-order valence-corrected chi connectivity index (χ0v) is 10.6. The van der Waals surface area contributed by atoms with Crippen molar-refractivity contribution in [3.05, 3.63) is 5.82 Å². The number of aliphatic hydroxyl groups excluding tert-OH is 1. The number of hydrogen-bond acceptors (Lipinski definition) is 5. The Morgan fingerprint density at radius 2 is 2.12 bits per heavy atom. The van der Waals surface area contributed by atoms with E-state index in [1.54, 1.807) is 11.8 Å². The van der Waals surface area contributed by atoms with Gasteiger partial charge in [-0.3, -0.25) is 0 Å². The van der Waals surface area contributed by atoms with Crippen molar-refractivity contribution in [1.29, 1.82) is 0 Å². The summed E-state index contributed by atoms with van der Waals surface area (Å²) >= 11 is 1.62. The fraction of sp³-hybridized carbons (Fsp3) is 0.818. The summed E-state index contributed by atoms with van der Waals surface area (Å²) in [6, 6.07) is 0.446. The highest BCUT2D eigenvalue weighted by Gasteiger charge is 2.36. The van der Waals surface area contributed by atoms with Crippen molar-refractivity contribution < 1.29 is 5.11 Å². The van der Waals surface area contributed by atoms with Crippen LogP contribution in [0.4, 0.5) is 0 Å². The van der Waals surface area contributed by atoms with E-state index in [1.165, 1.54) is 31.5 Å². The first kappa shape index (κ1) is 11.5. The topological polar surface area (TPSA) is 77.0 Å². The Labute approximate surface area is 105 Å². The van der Waals surface area contributed by atoms with E-state index in [-0.39, 0.29) is 12.6 Å². The summed E-state index contributed by atoms with van der Waals surface area (Å²) in [5, 5.41) is 18.5. The number of thioether (sulfide) groups is 1. The predicted octanol–water partition coefficient (Wildman–Crippen LogP) is 0.902. The van der Waals surface area contributed by atoms with Gasteiger partial charge in [0, 0.05) is 23.8 Å². The summed E-state index contributed by atoms with van der Waals surface area (Å²) in [5.41, 5.74) is 5.71. The van der Waals surface area contributed by atoms with Gasteiger partial charge < -0.3 is 15.4 Å². The van der Waals surface area contributed by atoms with E-state index < -0.39 is 0 Å². The minimum Gasteiger partial charge on any atom is -0.395 e. The predicted molar refractivity (Wildman–Crippen MR) is 66.1 cm³/mol. The van der Waals surface area contributed by atoms with Crippen LogP contribution >= 0.6 is 11.8 Å². The largest absolute Gasteiger partial charge is 0.395 e. The van der Waals surface area contributed by atoms with E-state index in [1.807, 2.05) is 0 Å². The average Bonchev–Trinajstić information content (AvgIpc) is 3.24. The molecule has 2 aliphatic rings. The van der Waals surface area contributed by atoms with Crippen molar-refractivity contribution in [3.8, 4) is 0 Å². The Morgan fingerprint density at radius 1 is 1.35 bits per heavy atom. The van der Waals surface area contributed by atoms with E-state index >= 15 is 0 Å². The van der Waals surface area contributed by atoms with Crippen LogP contribution in [0.2, 0.25) is 0 Å². The number of aromatic nitrogens is 3.